The number of carbonyl (C=O) groups is 2. The molecule has 3 saturated carbocycles. The molecule has 0 saturated heterocycles. The maximum absolute atomic E-state index is 12.1. The van der Waals surface area contributed by atoms with E-state index < -0.39 is 0 Å². The first-order chi connectivity index (χ1) is 10.9. The number of carbonyl (C=O) groups excluding carboxylic acids is 2. The molecule has 4 aliphatic carbocycles. The molecule has 126 valence electrons. The van der Waals surface area contributed by atoms with Gasteiger partial charge in [-0.15, -0.1) is 0 Å². The van der Waals surface area contributed by atoms with E-state index in [9.17, 15) is 9.59 Å². The largest absolute Gasteiger partial charge is 0.300 e. The molecule has 0 heterocycles. The molecular weight excluding hydrogens is 284 g/mol. The Morgan fingerprint density at radius 3 is 2.61 bits per heavy atom. The van der Waals surface area contributed by atoms with Crippen molar-refractivity contribution in [2.45, 2.75) is 65.7 Å². The Bertz CT molecular complexity index is 576. The number of hydrogen-bond acceptors (Lipinski definition) is 2. The maximum atomic E-state index is 12.1. The highest BCUT2D eigenvalue weighted by Gasteiger charge is 2.60. The smallest absolute Gasteiger partial charge is 0.155 e. The average Bonchev–Trinajstić information content (AvgIpc) is 2.85. The molecule has 2 heteroatoms. The molecule has 0 amide bonds. The summed E-state index contributed by atoms with van der Waals surface area (Å²) in [7, 11) is 0. The molecule has 0 N–H and O–H groups in total. The predicted octanol–water partition coefficient (Wildman–Crippen LogP) is 4.58. The van der Waals surface area contributed by atoms with E-state index in [1.807, 2.05) is 6.08 Å². The fourth-order valence-electron chi connectivity index (χ4n) is 7.30. The quantitative estimate of drug-likeness (QED) is 0.710. The lowest BCUT2D eigenvalue weighted by molar-refractivity contribution is -0.131. The number of hydrogen-bond donors (Lipinski definition) is 0. The molecule has 0 aromatic carbocycles. The van der Waals surface area contributed by atoms with Crippen molar-refractivity contribution in [2.75, 3.05) is 0 Å². The third-order valence-electron chi connectivity index (χ3n) is 8.53. The summed E-state index contributed by atoms with van der Waals surface area (Å²) in [6.45, 7) is 6.62. The van der Waals surface area contributed by atoms with Gasteiger partial charge < -0.3 is 0 Å². The van der Waals surface area contributed by atoms with Crippen LogP contribution in [0.15, 0.2) is 12.2 Å². The van der Waals surface area contributed by atoms with Crippen LogP contribution >= 0.6 is 0 Å². The SMILES string of the molecule is CC(=O)[C@H]1CC[C@H]2[C@@H]3CC[C@H]4CC(=O)C=C[C@]4(C)[C@H]3CC[C@]12C. The summed E-state index contributed by atoms with van der Waals surface area (Å²) >= 11 is 0. The number of ketones is 2. The van der Waals surface area contributed by atoms with E-state index in [0.29, 0.717) is 23.4 Å². The molecule has 23 heavy (non-hydrogen) atoms. The van der Waals surface area contributed by atoms with E-state index in [1.54, 1.807) is 6.92 Å². The Balaban J connectivity index is 1.66. The molecule has 0 aromatic heterocycles. The van der Waals surface area contributed by atoms with Gasteiger partial charge in [0.15, 0.2) is 5.78 Å². The number of rotatable bonds is 1. The molecule has 3 fully saturated rings. The first-order valence-corrected chi connectivity index (χ1v) is 9.59. The zero-order chi connectivity index (χ0) is 16.4. The van der Waals surface area contributed by atoms with Crippen LogP contribution in [-0.4, -0.2) is 11.6 Å². The summed E-state index contributed by atoms with van der Waals surface area (Å²) in [4.78, 5) is 24.0. The second kappa shape index (κ2) is 5.04. The van der Waals surface area contributed by atoms with E-state index in [0.717, 1.165) is 30.6 Å². The molecule has 0 bridgehead atoms. The lowest BCUT2D eigenvalue weighted by Gasteiger charge is -2.58. The number of allylic oxidation sites excluding steroid dienone is 2. The van der Waals surface area contributed by atoms with Gasteiger partial charge in [0, 0.05) is 12.3 Å². The van der Waals surface area contributed by atoms with Crippen molar-refractivity contribution >= 4 is 11.6 Å². The van der Waals surface area contributed by atoms with Gasteiger partial charge in [-0.3, -0.25) is 9.59 Å². The lowest BCUT2D eigenvalue weighted by atomic mass is 9.46. The number of fused-ring (bicyclic) bond motifs is 5. The Morgan fingerprint density at radius 2 is 1.87 bits per heavy atom. The van der Waals surface area contributed by atoms with Gasteiger partial charge in [-0.2, -0.15) is 0 Å². The second-order valence-electron chi connectivity index (χ2n) is 9.31. The summed E-state index contributed by atoms with van der Waals surface area (Å²) < 4.78 is 0. The van der Waals surface area contributed by atoms with Gasteiger partial charge >= 0.3 is 0 Å². The third kappa shape index (κ3) is 2.06. The molecule has 0 aliphatic heterocycles. The zero-order valence-corrected chi connectivity index (χ0v) is 14.8. The molecule has 7 atom stereocenters. The molecule has 0 spiro atoms. The molecule has 4 aliphatic rings. The standard InChI is InChI=1S/C21H30O2/c1-13(22)17-6-7-18-16-5-4-14-12-15(23)8-10-20(14,2)19(16)9-11-21(17,18)3/h8,10,14,16-19H,4-7,9,11-12H2,1-3H3/t14-,16-,17+,18-,19-,20-,21+/m0/s1. The lowest BCUT2D eigenvalue weighted by Crippen LogP contribution is -2.52. The molecule has 0 radical (unpaired) electrons. The Hall–Kier alpha value is -0.920. The summed E-state index contributed by atoms with van der Waals surface area (Å²) in [6.07, 6.45) is 12.1. The fraction of sp³-hybridized carbons (Fsp3) is 0.810. The van der Waals surface area contributed by atoms with Crippen LogP contribution in [0.1, 0.15) is 65.7 Å². The predicted molar refractivity (Wildman–Crippen MR) is 90.8 cm³/mol. The van der Waals surface area contributed by atoms with Crippen LogP contribution in [0.25, 0.3) is 0 Å². The maximum Gasteiger partial charge on any atom is 0.155 e. The van der Waals surface area contributed by atoms with Gasteiger partial charge in [-0.1, -0.05) is 19.9 Å². The third-order valence-corrected chi connectivity index (χ3v) is 8.53. The summed E-state index contributed by atoms with van der Waals surface area (Å²) in [5.74, 6) is 3.78. The first kappa shape index (κ1) is 15.6. The molecule has 0 unspecified atom stereocenters. The monoisotopic (exact) mass is 314 g/mol. The molecule has 0 aromatic rings. The normalized spacial score (nSPS) is 51.8. The van der Waals surface area contributed by atoms with Crippen LogP contribution in [0.4, 0.5) is 0 Å². The van der Waals surface area contributed by atoms with E-state index in [-0.39, 0.29) is 10.8 Å². The van der Waals surface area contributed by atoms with E-state index >= 15 is 0 Å². The van der Waals surface area contributed by atoms with E-state index in [2.05, 4.69) is 19.9 Å². The highest BCUT2D eigenvalue weighted by molar-refractivity contribution is 5.91. The highest BCUT2D eigenvalue weighted by atomic mass is 16.1. The van der Waals surface area contributed by atoms with Gasteiger partial charge in [-0.05, 0) is 86.0 Å². The van der Waals surface area contributed by atoms with Gasteiger partial charge in [0.25, 0.3) is 0 Å². The van der Waals surface area contributed by atoms with Crippen LogP contribution < -0.4 is 0 Å². The van der Waals surface area contributed by atoms with Crippen molar-refractivity contribution in [3.8, 4) is 0 Å². The van der Waals surface area contributed by atoms with Crippen molar-refractivity contribution in [3.63, 3.8) is 0 Å². The summed E-state index contributed by atoms with van der Waals surface area (Å²) in [6, 6.07) is 0. The highest BCUT2D eigenvalue weighted by Crippen LogP contribution is 2.66. The van der Waals surface area contributed by atoms with Crippen LogP contribution in [-0.2, 0) is 9.59 Å². The Labute approximate surface area is 140 Å². The van der Waals surface area contributed by atoms with Crippen molar-refractivity contribution in [2.24, 2.45) is 40.4 Å². The van der Waals surface area contributed by atoms with Crippen molar-refractivity contribution in [1.29, 1.82) is 0 Å². The first-order valence-electron chi connectivity index (χ1n) is 9.59. The Kier molecular flexibility index (Phi) is 3.42. The fourth-order valence-corrected chi connectivity index (χ4v) is 7.30. The van der Waals surface area contributed by atoms with Gasteiger partial charge in [-0.25, -0.2) is 0 Å². The van der Waals surface area contributed by atoms with Gasteiger partial charge in [0.1, 0.15) is 5.78 Å². The van der Waals surface area contributed by atoms with E-state index in [1.165, 1.54) is 32.1 Å². The van der Waals surface area contributed by atoms with E-state index in [4.69, 9.17) is 0 Å². The molecule has 4 rings (SSSR count). The summed E-state index contributed by atoms with van der Waals surface area (Å²) in [5, 5.41) is 0. The van der Waals surface area contributed by atoms with Crippen LogP contribution in [0.2, 0.25) is 0 Å². The minimum absolute atomic E-state index is 0.215. The minimum Gasteiger partial charge on any atom is -0.300 e. The number of Topliss-reactive ketones (excluding diaryl/α,β-unsaturated/α-hetero) is 1. The van der Waals surface area contributed by atoms with Crippen LogP contribution in [0.3, 0.4) is 0 Å². The van der Waals surface area contributed by atoms with Crippen molar-refractivity contribution in [3.05, 3.63) is 12.2 Å². The Morgan fingerprint density at radius 1 is 1.09 bits per heavy atom. The van der Waals surface area contributed by atoms with Crippen molar-refractivity contribution < 1.29 is 9.59 Å². The summed E-state index contributed by atoms with van der Waals surface area (Å²) in [5.41, 5.74) is 0.455. The minimum atomic E-state index is 0.215. The van der Waals surface area contributed by atoms with Crippen LogP contribution in [0.5, 0.6) is 0 Å². The molecular formula is C21H30O2. The second-order valence-corrected chi connectivity index (χ2v) is 9.31. The average molecular weight is 314 g/mol. The topological polar surface area (TPSA) is 34.1 Å². The molecule has 2 nitrogen and oxygen atoms in total. The van der Waals surface area contributed by atoms with Crippen LogP contribution in [0, 0.1) is 40.4 Å². The zero-order valence-electron chi connectivity index (χ0n) is 14.8. The van der Waals surface area contributed by atoms with Gasteiger partial charge in [0.2, 0.25) is 0 Å². The van der Waals surface area contributed by atoms with Gasteiger partial charge in [0.05, 0.1) is 0 Å². The van der Waals surface area contributed by atoms with Crippen molar-refractivity contribution in [1.82, 2.24) is 0 Å².